The number of primary sulfonamides is 1. The molecule has 3 rings (SSSR count). The smallest absolute Gasteiger partial charge is 0.324 e. The van der Waals surface area contributed by atoms with Gasteiger partial charge in [0.15, 0.2) is 11.6 Å². The number of carbonyl (C=O) groups is 2. The molecule has 31 heavy (non-hydrogen) atoms. The van der Waals surface area contributed by atoms with Crippen molar-refractivity contribution in [2.75, 3.05) is 18.9 Å². The van der Waals surface area contributed by atoms with E-state index in [2.05, 4.69) is 5.32 Å². The minimum Gasteiger partial charge on any atom is -0.490 e. The Morgan fingerprint density at radius 1 is 1.29 bits per heavy atom. The Balaban J connectivity index is 1.78. The summed E-state index contributed by atoms with van der Waals surface area (Å²) in [5.41, 5.74) is 0.434. The monoisotopic (exact) mass is 455 g/mol. The SMILES string of the molecule is CC(C)COc1cc(C2(CCCCCS(N)(=O)=O)CC2N2CC(=O)NC2=O)ccc1F. The fourth-order valence-corrected chi connectivity index (χ4v) is 4.83. The number of nitrogens with zero attached hydrogens (tertiary/aromatic N) is 1. The van der Waals surface area contributed by atoms with Crippen molar-refractivity contribution in [2.45, 2.75) is 57.4 Å². The fourth-order valence-electron chi connectivity index (χ4n) is 4.23. The van der Waals surface area contributed by atoms with E-state index in [1.54, 1.807) is 12.1 Å². The van der Waals surface area contributed by atoms with Crippen LogP contribution in [0.5, 0.6) is 5.75 Å². The van der Waals surface area contributed by atoms with E-state index in [4.69, 9.17) is 9.88 Å². The molecular formula is C21H30FN3O5S. The molecule has 1 heterocycles. The molecule has 1 saturated heterocycles. The molecule has 172 valence electrons. The van der Waals surface area contributed by atoms with E-state index in [9.17, 15) is 22.4 Å². The van der Waals surface area contributed by atoms with Crippen molar-refractivity contribution in [3.8, 4) is 5.75 Å². The van der Waals surface area contributed by atoms with Gasteiger partial charge in [-0.15, -0.1) is 0 Å². The molecule has 2 atom stereocenters. The number of unbranched alkanes of at least 4 members (excludes halogenated alkanes) is 2. The third-order valence-corrected chi connectivity index (χ3v) is 6.72. The van der Waals surface area contributed by atoms with Crippen molar-refractivity contribution in [1.29, 1.82) is 0 Å². The Morgan fingerprint density at radius 3 is 2.65 bits per heavy atom. The fraction of sp³-hybridized carbons (Fsp3) is 0.619. The summed E-state index contributed by atoms with van der Waals surface area (Å²) in [6.07, 6.45) is 3.16. The normalized spacial score (nSPS) is 23.4. The predicted molar refractivity (Wildman–Crippen MR) is 114 cm³/mol. The first-order valence-electron chi connectivity index (χ1n) is 10.6. The molecule has 1 aromatic rings. The van der Waals surface area contributed by atoms with Crippen LogP contribution in [0.15, 0.2) is 18.2 Å². The van der Waals surface area contributed by atoms with E-state index >= 15 is 0 Å². The first-order chi connectivity index (χ1) is 14.5. The lowest BCUT2D eigenvalue weighted by molar-refractivity contribution is -0.118. The number of amides is 3. The first-order valence-corrected chi connectivity index (χ1v) is 12.3. The molecule has 3 N–H and O–H groups in total. The first kappa shape index (κ1) is 23.5. The van der Waals surface area contributed by atoms with Gasteiger partial charge in [-0.25, -0.2) is 22.7 Å². The van der Waals surface area contributed by atoms with Crippen LogP contribution in [0.4, 0.5) is 9.18 Å². The van der Waals surface area contributed by atoms with Gasteiger partial charge in [0.1, 0.15) is 6.54 Å². The van der Waals surface area contributed by atoms with Gasteiger partial charge < -0.3 is 9.64 Å². The Kier molecular flexibility index (Phi) is 6.90. The van der Waals surface area contributed by atoms with Crippen molar-refractivity contribution in [1.82, 2.24) is 10.2 Å². The highest BCUT2D eigenvalue weighted by Crippen LogP contribution is 2.56. The number of benzene rings is 1. The number of carbonyl (C=O) groups excluding carboxylic acids is 2. The lowest BCUT2D eigenvalue weighted by Gasteiger charge is -2.23. The number of hydrogen-bond acceptors (Lipinski definition) is 5. The lowest BCUT2D eigenvalue weighted by Crippen LogP contribution is -2.34. The number of rotatable bonds is 11. The Bertz CT molecular complexity index is 952. The Morgan fingerprint density at radius 2 is 2.03 bits per heavy atom. The molecule has 3 amide bonds. The van der Waals surface area contributed by atoms with Crippen LogP contribution >= 0.6 is 0 Å². The molecule has 2 fully saturated rings. The zero-order valence-electron chi connectivity index (χ0n) is 17.9. The van der Waals surface area contributed by atoms with Gasteiger partial charge in [-0.3, -0.25) is 10.1 Å². The van der Waals surface area contributed by atoms with Gasteiger partial charge in [-0.05, 0) is 42.9 Å². The Labute approximate surface area is 182 Å². The predicted octanol–water partition coefficient (Wildman–Crippen LogP) is 2.27. The second-order valence-electron chi connectivity index (χ2n) is 8.88. The van der Waals surface area contributed by atoms with Crippen molar-refractivity contribution < 1.29 is 27.1 Å². The second-order valence-corrected chi connectivity index (χ2v) is 10.6. The topological polar surface area (TPSA) is 119 Å². The summed E-state index contributed by atoms with van der Waals surface area (Å²) in [4.78, 5) is 25.4. The minimum absolute atomic E-state index is 0.00850. The summed E-state index contributed by atoms with van der Waals surface area (Å²) in [7, 11) is -3.49. The number of hydrogen-bond donors (Lipinski definition) is 2. The van der Waals surface area contributed by atoms with Gasteiger partial charge >= 0.3 is 6.03 Å². The number of halogens is 1. The standard InChI is InChI=1S/C21H30FN3O5S/c1-14(2)13-30-17-10-15(6-7-16(17)22)21(8-4-3-5-9-31(23,28)29)11-18(21)25-12-19(26)24-20(25)27/h6-7,10,14,18H,3-5,8-9,11-13H2,1-2H3,(H2,23,28,29)(H,24,26,27). The van der Waals surface area contributed by atoms with E-state index in [1.807, 2.05) is 13.8 Å². The maximum atomic E-state index is 14.3. The highest BCUT2D eigenvalue weighted by molar-refractivity contribution is 7.89. The van der Waals surface area contributed by atoms with Crippen LogP contribution in [-0.4, -0.2) is 50.2 Å². The molecule has 0 radical (unpaired) electrons. The molecule has 1 aliphatic carbocycles. The van der Waals surface area contributed by atoms with Crippen molar-refractivity contribution in [2.24, 2.45) is 11.1 Å². The number of nitrogens with one attached hydrogen (secondary N) is 1. The van der Waals surface area contributed by atoms with Crippen LogP contribution < -0.4 is 15.2 Å². The van der Waals surface area contributed by atoms with Gasteiger partial charge in [-0.1, -0.05) is 32.8 Å². The van der Waals surface area contributed by atoms with Gasteiger partial charge in [0, 0.05) is 11.5 Å². The zero-order chi connectivity index (χ0) is 22.8. The molecule has 1 saturated carbocycles. The zero-order valence-corrected chi connectivity index (χ0v) is 18.7. The molecule has 8 nitrogen and oxygen atoms in total. The summed E-state index contributed by atoms with van der Waals surface area (Å²) < 4.78 is 42.2. The molecule has 0 spiro atoms. The summed E-state index contributed by atoms with van der Waals surface area (Å²) in [6, 6.07) is 4.18. The van der Waals surface area contributed by atoms with Crippen LogP contribution in [0, 0.1) is 11.7 Å². The molecule has 1 aromatic carbocycles. The number of imide groups is 1. The van der Waals surface area contributed by atoms with Gasteiger partial charge in [0.05, 0.1) is 12.4 Å². The molecule has 1 aliphatic heterocycles. The average Bonchev–Trinajstić information content (AvgIpc) is 3.29. The molecule has 2 unspecified atom stereocenters. The molecule has 0 aromatic heterocycles. The number of ether oxygens (including phenoxy) is 1. The minimum atomic E-state index is -3.49. The third kappa shape index (κ3) is 5.74. The average molecular weight is 456 g/mol. The largest absolute Gasteiger partial charge is 0.490 e. The van der Waals surface area contributed by atoms with E-state index in [0.29, 0.717) is 32.3 Å². The van der Waals surface area contributed by atoms with Crippen molar-refractivity contribution in [3.63, 3.8) is 0 Å². The third-order valence-electron chi connectivity index (χ3n) is 5.86. The number of urea groups is 1. The summed E-state index contributed by atoms with van der Waals surface area (Å²) in [6.45, 7) is 4.34. The second kappa shape index (κ2) is 9.12. The highest BCUT2D eigenvalue weighted by Gasteiger charge is 2.60. The lowest BCUT2D eigenvalue weighted by atomic mass is 9.88. The van der Waals surface area contributed by atoms with E-state index < -0.39 is 27.3 Å². The number of nitrogens with two attached hydrogens (primary N) is 1. The molecule has 0 bridgehead atoms. The van der Waals surface area contributed by atoms with E-state index in [1.165, 1.54) is 11.0 Å². The highest BCUT2D eigenvalue weighted by atomic mass is 32.2. The summed E-state index contributed by atoms with van der Waals surface area (Å²) in [5, 5.41) is 7.37. The Hall–Kier alpha value is -2.20. The summed E-state index contributed by atoms with van der Waals surface area (Å²) >= 11 is 0. The molecular weight excluding hydrogens is 425 g/mol. The van der Waals surface area contributed by atoms with Crippen LogP contribution in [0.25, 0.3) is 0 Å². The quantitative estimate of drug-likeness (QED) is 0.392. The van der Waals surface area contributed by atoms with Crippen molar-refractivity contribution >= 4 is 22.0 Å². The van der Waals surface area contributed by atoms with Crippen LogP contribution in [-0.2, 0) is 20.2 Å². The maximum Gasteiger partial charge on any atom is 0.324 e. The van der Waals surface area contributed by atoms with Crippen molar-refractivity contribution in [3.05, 3.63) is 29.6 Å². The maximum absolute atomic E-state index is 14.3. The van der Waals surface area contributed by atoms with Gasteiger partial charge in [0.25, 0.3) is 0 Å². The van der Waals surface area contributed by atoms with Crippen LogP contribution in [0.1, 0.15) is 51.5 Å². The van der Waals surface area contributed by atoms with E-state index in [0.717, 1.165) is 12.0 Å². The number of sulfonamides is 1. The summed E-state index contributed by atoms with van der Waals surface area (Å²) in [5.74, 6) is -0.440. The van der Waals surface area contributed by atoms with Gasteiger partial charge in [-0.2, -0.15) is 0 Å². The van der Waals surface area contributed by atoms with Crippen LogP contribution in [0.3, 0.4) is 0 Å². The van der Waals surface area contributed by atoms with Gasteiger partial charge in [0.2, 0.25) is 15.9 Å². The van der Waals surface area contributed by atoms with E-state index in [-0.39, 0.29) is 35.9 Å². The molecule has 2 aliphatic rings. The molecule has 10 heteroatoms. The van der Waals surface area contributed by atoms with Crippen LogP contribution in [0.2, 0.25) is 0 Å².